The Labute approximate surface area is 208 Å². The summed E-state index contributed by atoms with van der Waals surface area (Å²) in [6, 6.07) is 11.8. The highest BCUT2D eigenvalue weighted by Gasteiger charge is 2.36. The average Bonchev–Trinajstić information content (AvgIpc) is 3.10. The number of ether oxygens (including phenoxy) is 2. The number of nitrogens with one attached hydrogen (secondary N) is 1. The summed E-state index contributed by atoms with van der Waals surface area (Å²) < 4.78 is 25.0. The first-order valence-corrected chi connectivity index (χ1v) is 11.1. The summed E-state index contributed by atoms with van der Waals surface area (Å²) in [5.74, 6) is -1.09. The van der Waals surface area contributed by atoms with E-state index in [-0.39, 0.29) is 36.2 Å². The van der Waals surface area contributed by atoms with E-state index in [0.29, 0.717) is 38.8 Å². The van der Waals surface area contributed by atoms with Crippen LogP contribution in [0, 0.1) is 5.82 Å². The zero-order valence-electron chi connectivity index (χ0n) is 17.8. The predicted octanol–water partition coefficient (Wildman–Crippen LogP) is 4.98. The number of nitrogens with zero attached hydrogens (tertiary/aromatic N) is 2. The molecule has 11 heteroatoms. The highest BCUT2D eigenvalue weighted by atomic mass is 35.5. The summed E-state index contributed by atoms with van der Waals surface area (Å²) in [6.07, 6.45) is 0. The monoisotopic (exact) mass is 515 g/mol. The summed E-state index contributed by atoms with van der Waals surface area (Å²) in [7, 11) is 0. The average molecular weight is 516 g/mol. The third-order valence-electron chi connectivity index (χ3n) is 5.61. The fraction of sp³-hybridized carbons (Fsp3) is 0.125. The van der Waals surface area contributed by atoms with Crippen molar-refractivity contribution in [1.29, 1.82) is 0 Å². The lowest BCUT2D eigenvalue weighted by Gasteiger charge is -2.24. The van der Waals surface area contributed by atoms with Crippen LogP contribution < -0.4 is 15.0 Å². The van der Waals surface area contributed by atoms with Gasteiger partial charge in [-0.05, 0) is 48.5 Å². The van der Waals surface area contributed by atoms with Gasteiger partial charge in [0.1, 0.15) is 11.6 Å². The Balaban J connectivity index is 1.48. The SMILES string of the molecule is O=C(Nc1ccc2c(c1)N(Cc1cc(F)cc3c1OCOC3)C(=O)/C2=N\O)c1ccc(Cl)c(Cl)c1. The molecule has 2 aliphatic rings. The van der Waals surface area contributed by atoms with Crippen molar-refractivity contribution < 1.29 is 28.7 Å². The molecule has 178 valence electrons. The molecule has 0 atom stereocenters. The molecule has 2 aliphatic heterocycles. The smallest absolute Gasteiger partial charge is 0.281 e. The van der Waals surface area contributed by atoms with Gasteiger partial charge in [-0.3, -0.25) is 9.59 Å². The van der Waals surface area contributed by atoms with Gasteiger partial charge in [0.15, 0.2) is 12.5 Å². The number of halogens is 3. The van der Waals surface area contributed by atoms with E-state index in [1.807, 2.05) is 0 Å². The topological polar surface area (TPSA) is 100 Å². The third kappa shape index (κ3) is 4.29. The predicted molar refractivity (Wildman–Crippen MR) is 127 cm³/mol. The number of carbonyl (C=O) groups is 2. The summed E-state index contributed by atoms with van der Waals surface area (Å²) in [5.41, 5.74) is 2.18. The van der Waals surface area contributed by atoms with Crippen LogP contribution in [0.5, 0.6) is 5.75 Å². The summed E-state index contributed by atoms with van der Waals surface area (Å²) in [4.78, 5) is 27.1. The number of hydrogen-bond acceptors (Lipinski definition) is 6. The minimum absolute atomic E-state index is 0.00437. The van der Waals surface area contributed by atoms with Gasteiger partial charge in [-0.1, -0.05) is 28.4 Å². The standard InChI is InChI=1S/C24H16Cl2FN3O5/c25-18-4-1-12(7-19(18)26)23(31)28-16-2-3-17-20(8-16)30(24(32)21(17)29-33)9-13-5-15(27)6-14-10-34-11-35-22(13)14/h1-8,33H,9-11H2,(H,28,31)/b29-21-. The molecule has 0 unspecified atom stereocenters. The molecule has 8 nitrogen and oxygen atoms in total. The Morgan fingerprint density at radius 2 is 1.97 bits per heavy atom. The van der Waals surface area contributed by atoms with Crippen LogP contribution in [0.25, 0.3) is 0 Å². The van der Waals surface area contributed by atoms with Crippen molar-refractivity contribution in [1.82, 2.24) is 0 Å². The van der Waals surface area contributed by atoms with Crippen LogP contribution in [-0.4, -0.2) is 29.5 Å². The zero-order valence-corrected chi connectivity index (χ0v) is 19.4. The molecule has 0 saturated carbocycles. The Morgan fingerprint density at radius 3 is 2.74 bits per heavy atom. The van der Waals surface area contributed by atoms with Crippen LogP contribution in [0.4, 0.5) is 15.8 Å². The molecule has 0 aliphatic carbocycles. The highest BCUT2D eigenvalue weighted by Crippen LogP contribution is 2.37. The molecule has 3 aromatic carbocycles. The first-order valence-electron chi connectivity index (χ1n) is 10.3. The van der Waals surface area contributed by atoms with Crippen LogP contribution in [-0.2, 0) is 22.7 Å². The van der Waals surface area contributed by atoms with E-state index in [1.54, 1.807) is 18.2 Å². The van der Waals surface area contributed by atoms with Crippen molar-refractivity contribution in [3.05, 3.63) is 86.6 Å². The number of benzene rings is 3. The van der Waals surface area contributed by atoms with E-state index < -0.39 is 17.6 Å². The number of fused-ring (bicyclic) bond motifs is 2. The number of rotatable bonds is 4. The van der Waals surface area contributed by atoms with Gasteiger partial charge in [0, 0.05) is 27.9 Å². The molecule has 35 heavy (non-hydrogen) atoms. The van der Waals surface area contributed by atoms with Crippen molar-refractivity contribution in [2.75, 3.05) is 17.0 Å². The molecule has 0 radical (unpaired) electrons. The van der Waals surface area contributed by atoms with Crippen molar-refractivity contribution in [2.45, 2.75) is 13.2 Å². The second-order valence-corrected chi connectivity index (χ2v) is 8.63. The van der Waals surface area contributed by atoms with Crippen LogP contribution in [0.15, 0.2) is 53.7 Å². The fourth-order valence-corrected chi connectivity index (χ4v) is 4.32. The largest absolute Gasteiger partial charge is 0.467 e. The number of carbonyl (C=O) groups excluding carboxylic acids is 2. The molecule has 2 amide bonds. The van der Waals surface area contributed by atoms with Crippen molar-refractivity contribution in [2.24, 2.45) is 5.16 Å². The van der Waals surface area contributed by atoms with E-state index >= 15 is 0 Å². The first kappa shape index (κ1) is 23.1. The number of hydrogen-bond donors (Lipinski definition) is 2. The lowest BCUT2D eigenvalue weighted by atomic mass is 10.1. The summed E-state index contributed by atoms with van der Waals surface area (Å²) in [6.45, 7) is 0.123. The maximum atomic E-state index is 14.2. The number of amides is 2. The van der Waals surface area contributed by atoms with Gasteiger partial charge in [0.05, 0.1) is 28.9 Å². The molecule has 0 fully saturated rings. The quantitative estimate of drug-likeness (QED) is 0.377. The Morgan fingerprint density at radius 1 is 1.14 bits per heavy atom. The summed E-state index contributed by atoms with van der Waals surface area (Å²) >= 11 is 11.9. The third-order valence-corrected chi connectivity index (χ3v) is 6.35. The Hall–Kier alpha value is -3.66. The molecule has 5 rings (SSSR count). The van der Waals surface area contributed by atoms with E-state index in [4.69, 9.17) is 32.7 Å². The van der Waals surface area contributed by atoms with E-state index in [1.165, 1.54) is 35.2 Å². The maximum absolute atomic E-state index is 14.2. The van der Waals surface area contributed by atoms with Crippen molar-refractivity contribution >= 4 is 52.1 Å². The normalized spacial score (nSPS) is 15.6. The van der Waals surface area contributed by atoms with E-state index in [2.05, 4.69) is 10.5 Å². The second-order valence-electron chi connectivity index (χ2n) is 7.82. The molecule has 0 bridgehead atoms. The van der Waals surface area contributed by atoms with Crippen LogP contribution in [0.3, 0.4) is 0 Å². The molecule has 0 aromatic heterocycles. The van der Waals surface area contributed by atoms with Gasteiger partial charge < -0.3 is 24.9 Å². The zero-order chi connectivity index (χ0) is 24.7. The molecule has 2 heterocycles. The lowest BCUT2D eigenvalue weighted by Crippen LogP contribution is -2.30. The van der Waals surface area contributed by atoms with Crippen LogP contribution >= 0.6 is 23.2 Å². The number of anilines is 2. The van der Waals surface area contributed by atoms with Crippen LogP contribution in [0.2, 0.25) is 10.0 Å². The maximum Gasteiger partial charge on any atom is 0.281 e. The molecule has 2 N–H and O–H groups in total. The van der Waals surface area contributed by atoms with Gasteiger partial charge in [0.25, 0.3) is 11.8 Å². The van der Waals surface area contributed by atoms with Gasteiger partial charge in [0.2, 0.25) is 0 Å². The Kier molecular flexibility index (Phi) is 6.06. The van der Waals surface area contributed by atoms with Crippen molar-refractivity contribution in [3.63, 3.8) is 0 Å². The van der Waals surface area contributed by atoms with Gasteiger partial charge in [-0.15, -0.1) is 0 Å². The minimum atomic E-state index is -0.583. The minimum Gasteiger partial charge on any atom is -0.467 e. The second kappa shape index (κ2) is 9.18. The number of oxime groups is 1. The lowest BCUT2D eigenvalue weighted by molar-refractivity contribution is -0.112. The summed E-state index contributed by atoms with van der Waals surface area (Å²) in [5, 5.41) is 15.9. The van der Waals surface area contributed by atoms with Crippen LogP contribution in [0.1, 0.15) is 27.0 Å². The van der Waals surface area contributed by atoms with E-state index in [9.17, 15) is 19.2 Å². The van der Waals surface area contributed by atoms with Gasteiger partial charge in [-0.25, -0.2) is 4.39 Å². The molecule has 3 aromatic rings. The molecule has 0 spiro atoms. The molecular formula is C24H16Cl2FN3O5. The highest BCUT2D eigenvalue weighted by molar-refractivity contribution is 6.54. The van der Waals surface area contributed by atoms with Gasteiger partial charge in [-0.2, -0.15) is 0 Å². The first-order chi connectivity index (χ1) is 16.9. The van der Waals surface area contributed by atoms with Gasteiger partial charge >= 0.3 is 0 Å². The Bertz CT molecular complexity index is 1410. The molecule has 0 saturated heterocycles. The fourth-order valence-electron chi connectivity index (χ4n) is 4.02. The van der Waals surface area contributed by atoms with E-state index in [0.717, 1.165) is 0 Å². The molecular weight excluding hydrogens is 500 g/mol. The van der Waals surface area contributed by atoms with Crippen molar-refractivity contribution in [3.8, 4) is 5.75 Å².